The minimum absolute atomic E-state index is 0.337. The average Bonchev–Trinajstić information content (AvgIpc) is 3.25. The minimum Gasteiger partial charge on any atom is -0.448 e. The molecule has 0 atom stereocenters. The summed E-state index contributed by atoms with van der Waals surface area (Å²) in [4.78, 5) is 23.3. The van der Waals surface area contributed by atoms with E-state index in [9.17, 15) is 4.79 Å². The van der Waals surface area contributed by atoms with E-state index in [1.807, 2.05) is 67.5 Å². The fourth-order valence-electron chi connectivity index (χ4n) is 3.40. The monoisotopic (exact) mass is 492 g/mol. The number of benzene rings is 3. The molecule has 1 heterocycles. The van der Waals surface area contributed by atoms with Crippen LogP contribution in [0.3, 0.4) is 0 Å². The molecule has 0 fully saturated rings. The number of aromatic nitrogens is 2. The first-order valence-corrected chi connectivity index (χ1v) is 13.0. The van der Waals surface area contributed by atoms with Gasteiger partial charge in [0.2, 0.25) is 0 Å². The summed E-state index contributed by atoms with van der Waals surface area (Å²) in [6.45, 7) is 2.48. The molecule has 0 spiro atoms. The van der Waals surface area contributed by atoms with Crippen LogP contribution in [0, 0.1) is 6.92 Å². The Kier molecular flexibility index (Phi) is 8.03. The number of nitrogens with zero attached hydrogens (tertiary/aromatic N) is 2. The Morgan fingerprint density at radius 1 is 1.03 bits per heavy atom. The maximum absolute atomic E-state index is 12.1. The van der Waals surface area contributed by atoms with Crippen molar-refractivity contribution in [3.8, 4) is 0 Å². The number of ether oxygens (including phenoxy) is 1. The Morgan fingerprint density at radius 3 is 2.59 bits per heavy atom. The number of aromatic amines is 1. The quantitative estimate of drug-likeness (QED) is 0.203. The SMILES string of the molecule is Cc1c(CSc2nc3ccccc3[nH]2)cccc1SCCOC(=O)Nc1ccc(N(C)C)cc1. The molecular weight excluding hydrogens is 464 g/mol. The molecule has 176 valence electrons. The van der Waals surface area contributed by atoms with Crippen LogP contribution in [0.15, 0.2) is 76.8 Å². The summed E-state index contributed by atoms with van der Waals surface area (Å²) in [6, 6.07) is 22.0. The van der Waals surface area contributed by atoms with Gasteiger partial charge in [-0.2, -0.15) is 0 Å². The first-order chi connectivity index (χ1) is 16.5. The van der Waals surface area contributed by atoms with Gasteiger partial charge in [-0.3, -0.25) is 5.32 Å². The predicted octanol–water partition coefficient (Wildman–Crippen LogP) is 6.57. The van der Waals surface area contributed by atoms with Crippen LogP contribution in [-0.2, 0) is 10.5 Å². The number of amides is 1. The van der Waals surface area contributed by atoms with Gasteiger partial charge in [-0.15, -0.1) is 11.8 Å². The van der Waals surface area contributed by atoms with Crippen molar-refractivity contribution in [2.75, 3.05) is 36.7 Å². The fourth-order valence-corrected chi connectivity index (χ4v) is 5.26. The number of hydrogen-bond acceptors (Lipinski definition) is 6. The second kappa shape index (κ2) is 11.4. The summed E-state index contributed by atoms with van der Waals surface area (Å²) in [5.74, 6) is 1.53. The van der Waals surface area contributed by atoms with E-state index in [1.165, 1.54) is 16.0 Å². The maximum atomic E-state index is 12.1. The lowest BCUT2D eigenvalue weighted by atomic mass is 10.1. The van der Waals surface area contributed by atoms with Crippen LogP contribution in [0.1, 0.15) is 11.1 Å². The van der Waals surface area contributed by atoms with E-state index in [0.717, 1.165) is 27.6 Å². The molecule has 1 amide bonds. The summed E-state index contributed by atoms with van der Waals surface area (Å²) in [6.07, 6.45) is -0.439. The third kappa shape index (κ3) is 6.27. The molecule has 1 aromatic heterocycles. The van der Waals surface area contributed by atoms with Crippen molar-refractivity contribution in [2.24, 2.45) is 0 Å². The molecule has 6 nitrogen and oxygen atoms in total. The van der Waals surface area contributed by atoms with Crippen LogP contribution in [0.25, 0.3) is 11.0 Å². The summed E-state index contributed by atoms with van der Waals surface area (Å²) < 4.78 is 5.35. The van der Waals surface area contributed by atoms with Gasteiger partial charge >= 0.3 is 6.09 Å². The molecule has 3 aromatic carbocycles. The van der Waals surface area contributed by atoms with E-state index >= 15 is 0 Å². The van der Waals surface area contributed by atoms with E-state index in [0.29, 0.717) is 18.0 Å². The number of H-pyrrole nitrogens is 1. The molecule has 0 radical (unpaired) electrons. The highest BCUT2D eigenvalue weighted by Crippen LogP contribution is 2.29. The molecular formula is C26H28N4O2S2. The molecule has 4 rings (SSSR count). The third-order valence-electron chi connectivity index (χ3n) is 5.33. The Balaban J connectivity index is 1.24. The van der Waals surface area contributed by atoms with E-state index in [-0.39, 0.29) is 0 Å². The molecule has 2 N–H and O–H groups in total. The topological polar surface area (TPSA) is 70.2 Å². The van der Waals surface area contributed by atoms with Crippen molar-refractivity contribution in [1.29, 1.82) is 0 Å². The van der Waals surface area contributed by atoms with Crippen molar-refractivity contribution in [2.45, 2.75) is 22.7 Å². The van der Waals surface area contributed by atoms with Gasteiger partial charge in [0.05, 0.1) is 11.0 Å². The van der Waals surface area contributed by atoms with Gasteiger partial charge < -0.3 is 14.6 Å². The highest BCUT2D eigenvalue weighted by atomic mass is 32.2. The van der Waals surface area contributed by atoms with E-state index < -0.39 is 6.09 Å². The Bertz CT molecular complexity index is 1220. The van der Waals surface area contributed by atoms with Crippen molar-refractivity contribution < 1.29 is 9.53 Å². The van der Waals surface area contributed by atoms with Crippen LogP contribution >= 0.6 is 23.5 Å². The highest BCUT2D eigenvalue weighted by Gasteiger charge is 2.09. The van der Waals surface area contributed by atoms with Crippen molar-refractivity contribution in [1.82, 2.24) is 9.97 Å². The summed E-state index contributed by atoms with van der Waals surface area (Å²) in [5, 5.41) is 3.69. The number of para-hydroxylation sites is 2. The zero-order valence-corrected chi connectivity index (χ0v) is 21.1. The van der Waals surface area contributed by atoms with Gasteiger partial charge in [-0.25, -0.2) is 9.78 Å². The lowest BCUT2D eigenvalue weighted by molar-refractivity contribution is 0.169. The van der Waals surface area contributed by atoms with Gasteiger partial charge in [0.1, 0.15) is 6.61 Å². The zero-order valence-electron chi connectivity index (χ0n) is 19.5. The number of anilines is 2. The summed E-state index contributed by atoms with van der Waals surface area (Å²) in [5.41, 5.74) is 6.36. The van der Waals surface area contributed by atoms with Crippen LogP contribution < -0.4 is 10.2 Å². The molecule has 0 unspecified atom stereocenters. The first kappa shape index (κ1) is 24.0. The van der Waals surface area contributed by atoms with Gasteiger partial charge in [0, 0.05) is 41.9 Å². The highest BCUT2D eigenvalue weighted by molar-refractivity contribution is 7.99. The number of hydrogen-bond donors (Lipinski definition) is 2. The largest absolute Gasteiger partial charge is 0.448 e. The zero-order chi connectivity index (χ0) is 23.9. The second-order valence-electron chi connectivity index (χ2n) is 7.94. The lowest BCUT2D eigenvalue weighted by Gasteiger charge is -2.13. The summed E-state index contributed by atoms with van der Waals surface area (Å²) in [7, 11) is 3.96. The number of carbonyl (C=O) groups is 1. The number of thioether (sulfide) groups is 2. The molecule has 0 saturated carbocycles. The number of rotatable bonds is 9. The molecule has 0 aliphatic rings. The van der Waals surface area contributed by atoms with Crippen LogP contribution in [0.5, 0.6) is 0 Å². The van der Waals surface area contributed by atoms with Gasteiger partial charge in [-0.1, -0.05) is 36.0 Å². The molecule has 0 aliphatic heterocycles. The van der Waals surface area contributed by atoms with Crippen molar-refractivity contribution in [3.05, 3.63) is 77.9 Å². The Morgan fingerprint density at radius 2 is 1.82 bits per heavy atom. The number of nitrogens with one attached hydrogen (secondary N) is 2. The molecule has 4 aromatic rings. The molecule has 34 heavy (non-hydrogen) atoms. The average molecular weight is 493 g/mol. The standard InChI is InChI=1S/C26H28N4O2S2/c1-18-19(17-34-25-28-22-8-4-5-9-23(22)29-25)7-6-10-24(18)33-16-15-32-26(31)27-20-11-13-21(14-12-20)30(2)3/h4-14H,15-17H2,1-3H3,(H,27,31)(H,28,29). The molecule has 0 aliphatic carbocycles. The Hall–Kier alpha value is -3.10. The molecule has 8 heteroatoms. The third-order valence-corrected chi connectivity index (χ3v) is 7.38. The fraction of sp³-hybridized carbons (Fsp3) is 0.231. The predicted molar refractivity (Wildman–Crippen MR) is 143 cm³/mol. The Labute approximate surface area is 208 Å². The van der Waals surface area contributed by atoms with E-state index in [2.05, 4.69) is 40.4 Å². The smallest absolute Gasteiger partial charge is 0.411 e. The summed E-state index contributed by atoms with van der Waals surface area (Å²) >= 11 is 3.40. The van der Waals surface area contributed by atoms with Crippen LogP contribution in [0.4, 0.5) is 16.2 Å². The van der Waals surface area contributed by atoms with Gasteiger partial charge in [0.25, 0.3) is 0 Å². The normalized spacial score (nSPS) is 10.9. The second-order valence-corrected chi connectivity index (χ2v) is 10.0. The molecule has 0 saturated heterocycles. The van der Waals surface area contributed by atoms with Crippen LogP contribution in [0.2, 0.25) is 0 Å². The minimum atomic E-state index is -0.439. The van der Waals surface area contributed by atoms with Crippen molar-refractivity contribution >= 4 is 52.0 Å². The van der Waals surface area contributed by atoms with E-state index in [1.54, 1.807) is 23.5 Å². The van der Waals surface area contributed by atoms with Crippen molar-refractivity contribution in [3.63, 3.8) is 0 Å². The first-order valence-electron chi connectivity index (χ1n) is 11.0. The maximum Gasteiger partial charge on any atom is 0.411 e. The van der Waals surface area contributed by atoms with Crippen LogP contribution in [-0.4, -0.2) is 42.5 Å². The number of fused-ring (bicyclic) bond motifs is 1. The van der Waals surface area contributed by atoms with E-state index in [4.69, 9.17) is 4.74 Å². The number of imidazole rings is 1. The van der Waals surface area contributed by atoms with Gasteiger partial charge in [-0.05, 0) is 60.5 Å². The lowest BCUT2D eigenvalue weighted by Crippen LogP contribution is -2.15. The number of carbonyl (C=O) groups excluding carboxylic acids is 1. The van der Waals surface area contributed by atoms with Gasteiger partial charge in [0.15, 0.2) is 5.16 Å². The molecule has 0 bridgehead atoms.